The molecule has 82 valence electrons. The number of para-hydroxylation sites is 1. The van der Waals surface area contributed by atoms with Gasteiger partial charge in [0.1, 0.15) is 5.75 Å². The van der Waals surface area contributed by atoms with Crippen molar-refractivity contribution < 1.29 is 5.11 Å². The van der Waals surface area contributed by atoms with Gasteiger partial charge in [0.05, 0.1) is 0 Å². The van der Waals surface area contributed by atoms with E-state index in [1.807, 2.05) is 30.3 Å². The molecule has 0 spiro atoms. The van der Waals surface area contributed by atoms with Crippen molar-refractivity contribution >= 4 is 11.8 Å². The molecule has 2 aromatic rings. The Morgan fingerprint density at radius 2 is 1.56 bits per heavy atom. The number of hydrogen-bond donors (Lipinski definition) is 1. The van der Waals surface area contributed by atoms with Crippen LogP contribution in [0.5, 0.6) is 5.75 Å². The molecule has 0 saturated heterocycles. The number of thioether (sulfide) groups is 1. The van der Waals surface area contributed by atoms with E-state index in [4.69, 9.17) is 0 Å². The Kier molecular flexibility index (Phi) is 3.52. The molecular formula is C14H14OS. The number of aromatic hydroxyl groups is 1. The molecule has 1 N–H and O–H groups in total. The van der Waals surface area contributed by atoms with Crippen molar-refractivity contribution in [3.8, 4) is 16.9 Å². The molecule has 0 heterocycles. The van der Waals surface area contributed by atoms with E-state index in [1.54, 1.807) is 17.8 Å². The second kappa shape index (κ2) is 5.08. The minimum atomic E-state index is 0.344. The Hall–Kier alpha value is -1.41. The van der Waals surface area contributed by atoms with Gasteiger partial charge in [-0.2, -0.15) is 11.8 Å². The van der Waals surface area contributed by atoms with E-state index in [2.05, 4.69) is 18.4 Å². The number of benzene rings is 2. The molecule has 0 aliphatic heterocycles. The Balaban J connectivity index is 2.51. The SMILES string of the molecule is CSCc1ccccc1-c1ccccc1O. The van der Waals surface area contributed by atoms with Crippen LogP contribution in [0.2, 0.25) is 0 Å². The predicted octanol–water partition coefficient (Wildman–Crippen LogP) is 3.92. The smallest absolute Gasteiger partial charge is 0.123 e. The van der Waals surface area contributed by atoms with Gasteiger partial charge in [0, 0.05) is 11.3 Å². The lowest BCUT2D eigenvalue weighted by molar-refractivity contribution is 0.477. The predicted molar refractivity (Wildman–Crippen MR) is 70.8 cm³/mol. The largest absolute Gasteiger partial charge is 0.507 e. The highest BCUT2D eigenvalue weighted by Crippen LogP contribution is 2.32. The zero-order chi connectivity index (χ0) is 11.4. The summed E-state index contributed by atoms with van der Waals surface area (Å²) in [4.78, 5) is 0. The summed E-state index contributed by atoms with van der Waals surface area (Å²) in [5.41, 5.74) is 3.29. The third-order valence-electron chi connectivity index (χ3n) is 2.51. The van der Waals surface area contributed by atoms with E-state index >= 15 is 0 Å². The quantitative estimate of drug-likeness (QED) is 0.862. The van der Waals surface area contributed by atoms with Crippen LogP contribution in [-0.4, -0.2) is 11.4 Å². The average molecular weight is 230 g/mol. The number of rotatable bonds is 3. The zero-order valence-electron chi connectivity index (χ0n) is 9.18. The van der Waals surface area contributed by atoms with Gasteiger partial charge in [-0.3, -0.25) is 0 Å². The van der Waals surface area contributed by atoms with Crippen LogP contribution in [0.3, 0.4) is 0 Å². The molecule has 2 aromatic carbocycles. The fraction of sp³-hybridized carbons (Fsp3) is 0.143. The topological polar surface area (TPSA) is 20.2 Å². The Bertz CT molecular complexity index is 480. The maximum atomic E-state index is 9.85. The molecule has 0 aliphatic carbocycles. The fourth-order valence-corrected chi connectivity index (χ4v) is 2.33. The highest BCUT2D eigenvalue weighted by atomic mass is 32.2. The molecule has 0 radical (unpaired) electrons. The van der Waals surface area contributed by atoms with Crippen molar-refractivity contribution in [3.63, 3.8) is 0 Å². The molecule has 2 heteroatoms. The summed E-state index contributed by atoms with van der Waals surface area (Å²) in [6.45, 7) is 0. The molecule has 16 heavy (non-hydrogen) atoms. The molecule has 0 aliphatic rings. The van der Waals surface area contributed by atoms with Gasteiger partial charge in [-0.15, -0.1) is 0 Å². The number of phenols is 1. The Labute approximate surface area is 100 Å². The third kappa shape index (κ3) is 2.22. The molecule has 0 bridgehead atoms. The van der Waals surface area contributed by atoms with Crippen molar-refractivity contribution in [1.29, 1.82) is 0 Å². The first-order valence-electron chi connectivity index (χ1n) is 5.18. The summed E-state index contributed by atoms with van der Waals surface area (Å²) in [5, 5.41) is 9.85. The zero-order valence-corrected chi connectivity index (χ0v) is 10.00. The molecule has 1 nitrogen and oxygen atoms in total. The van der Waals surface area contributed by atoms with Crippen LogP contribution in [0, 0.1) is 0 Å². The van der Waals surface area contributed by atoms with Gasteiger partial charge in [-0.1, -0.05) is 42.5 Å². The summed E-state index contributed by atoms with van der Waals surface area (Å²) >= 11 is 1.79. The summed E-state index contributed by atoms with van der Waals surface area (Å²) in [6, 6.07) is 15.7. The summed E-state index contributed by atoms with van der Waals surface area (Å²) in [5.74, 6) is 1.31. The Morgan fingerprint density at radius 3 is 2.25 bits per heavy atom. The average Bonchev–Trinajstić information content (AvgIpc) is 2.31. The van der Waals surface area contributed by atoms with Crippen molar-refractivity contribution in [1.82, 2.24) is 0 Å². The van der Waals surface area contributed by atoms with Crippen molar-refractivity contribution in [2.24, 2.45) is 0 Å². The second-order valence-corrected chi connectivity index (χ2v) is 4.47. The van der Waals surface area contributed by atoms with Crippen molar-refractivity contribution in [2.75, 3.05) is 6.26 Å². The molecule has 0 aromatic heterocycles. The van der Waals surface area contributed by atoms with E-state index in [-0.39, 0.29) is 0 Å². The summed E-state index contributed by atoms with van der Waals surface area (Å²) in [6.07, 6.45) is 2.08. The number of hydrogen-bond acceptors (Lipinski definition) is 2. The van der Waals surface area contributed by atoms with Crippen LogP contribution in [-0.2, 0) is 5.75 Å². The molecule has 0 saturated carbocycles. The first-order chi connectivity index (χ1) is 7.83. The van der Waals surface area contributed by atoms with Crippen LogP contribution in [0.1, 0.15) is 5.56 Å². The van der Waals surface area contributed by atoms with E-state index in [0.717, 1.165) is 16.9 Å². The second-order valence-electron chi connectivity index (χ2n) is 3.61. The lowest BCUT2D eigenvalue weighted by Crippen LogP contribution is -1.87. The van der Waals surface area contributed by atoms with Gasteiger partial charge < -0.3 is 5.11 Å². The van der Waals surface area contributed by atoms with E-state index < -0.39 is 0 Å². The summed E-state index contributed by atoms with van der Waals surface area (Å²) < 4.78 is 0. The minimum Gasteiger partial charge on any atom is -0.507 e. The van der Waals surface area contributed by atoms with E-state index in [1.165, 1.54) is 5.56 Å². The maximum absolute atomic E-state index is 9.85. The highest BCUT2D eigenvalue weighted by Gasteiger charge is 2.07. The first kappa shape index (κ1) is 11.1. The monoisotopic (exact) mass is 230 g/mol. The van der Waals surface area contributed by atoms with Gasteiger partial charge >= 0.3 is 0 Å². The van der Waals surface area contributed by atoms with Crippen LogP contribution >= 0.6 is 11.8 Å². The molecule has 0 fully saturated rings. The van der Waals surface area contributed by atoms with Crippen molar-refractivity contribution in [2.45, 2.75) is 5.75 Å². The lowest BCUT2D eigenvalue weighted by atomic mass is 10.00. The van der Waals surface area contributed by atoms with Crippen LogP contribution in [0.15, 0.2) is 48.5 Å². The van der Waals surface area contributed by atoms with E-state index in [9.17, 15) is 5.11 Å². The first-order valence-corrected chi connectivity index (χ1v) is 6.57. The highest BCUT2D eigenvalue weighted by molar-refractivity contribution is 7.97. The molecule has 0 unspecified atom stereocenters. The van der Waals surface area contributed by atoms with E-state index in [0.29, 0.717) is 5.75 Å². The van der Waals surface area contributed by atoms with Crippen LogP contribution in [0.4, 0.5) is 0 Å². The lowest BCUT2D eigenvalue weighted by Gasteiger charge is -2.09. The van der Waals surface area contributed by atoms with Crippen molar-refractivity contribution in [3.05, 3.63) is 54.1 Å². The van der Waals surface area contributed by atoms with Gasteiger partial charge in [-0.05, 0) is 23.4 Å². The molecular weight excluding hydrogens is 216 g/mol. The summed E-state index contributed by atoms with van der Waals surface area (Å²) in [7, 11) is 0. The number of phenolic OH excluding ortho intramolecular Hbond substituents is 1. The van der Waals surface area contributed by atoms with Crippen LogP contribution < -0.4 is 0 Å². The van der Waals surface area contributed by atoms with Gasteiger partial charge in [0.25, 0.3) is 0 Å². The normalized spacial score (nSPS) is 10.3. The standard InChI is InChI=1S/C14H14OS/c1-16-10-11-6-2-3-7-12(11)13-8-4-5-9-14(13)15/h2-9,15H,10H2,1H3. The third-order valence-corrected chi connectivity index (χ3v) is 3.11. The molecule has 2 rings (SSSR count). The van der Waals surface area contributed by atoms with Gasteiger partial charge in [0.2, 0.25) is 0 Å². The minimum absolute atomic E-state index is 0.344. The molecule has 0 amide bonds. The van der Waals surface area contributed by atoms with Gasteiger partial charge in [0.15, 0.2) is 0 Å². The molecule has 0 atom stereocenters. The van der Waals surface area contributed by atoms with Gasteiger partial charge in [-0.25, -0.2) is 0 Å². The fourth-order valence-electron chi connectivity index (χ4n) is 1.77. The Morgan fingerprint density at radius 1 is 0.938 bits per heavy atom. The maximum Gasteiger partial charge on any atom is 0.123 e. The van der Waals surface area contributed by atoms with Crippen LogP contribution in [0.25, 0.3) is 11.1 Å².